The van der Waals surface area contributed by atoms with E-state index in [2.05, 4.69) is 17.1 Å². The molecule has 2 heteroatoms. The van der Waals surface area contributed by atoms with Crippen molar-refractivity contribution in [1.29, 1.82) is 0 Å². The first-order chi connectivity index (χ1) is 8.90. The number of likely N-dealkylation sites (tertiary alicyclic amines) is 1. The highest BCUT2D eigenvalue weighted by Crippen LogP contribution is 2.28. The number of hydrogen-bond donors (Lipinski definition) is 1. The third-order valence-corrected chi connectivity index (χ3v) is 4.78. The molecule has 0 amide bonds. The van der Waals surface area contributed by atoms with Crippen LogP contribution in [0, 0.1) is 5.92 Å². The first-order valence-electron chi connectivity index (χ1n) is 8.36. The lowest BCUT2D eigenvalue weighted by molar-refractivity contribution is 0.214. The van der Waals surface area contributed by atoms with Crippen molar-refractivity contribution in [3.8, 4) is 0 Å². The fraction of sp³-hybridized carbons (Fsp3) is 1.00. The minimum absolute atomic E-state index is 0.769. The molecule has 1 N–H and O–H groups in total. The Hall–Kier alpha value is -0.0800. The summed E-state index contributed by atoms with van der Waals surface area (Å²) < 4.78 is 0. The predicted octanol–water partition coefficient (Wildman–Crippen LogP) is 3.42. The van der Waals surface area contributed by atoms with Gasteiger partial charge in [-0.3, -0.25) is 0 Å². The summed E-state index contributed by atoms with van der Waals surface area (Å²) in [7, 11) is 0. The zero-order chi connectivity index (χ0) is 12.6. The van der Waals surface area contributed by atoms with E-state index in [4.69, 9.17) is 0 Å². The van der Waals surface area contributed by atoms with Crippen molar-refractivity contribution in [1.82, 2.24) is 10.2 Å². The van der Waals surface area contributed by atoms with E-state index in [9.17, 15) is 0 Å². The van der Waals surface area contributed by atoms with Crippen molar-refractivity contribution in [3.05, 3.63) is 0 Å². The molecular weight excluding hydrogens is 220 g/mol. The van der Waals surface area contributed by atoms with Crippen LogP contribution in [0.25, 0.3) is 0 Å². The Morgan fingerprint density at radius 1 is 1.00 bits per heavy atom. The molecule has 2 nitrogen and oxygen atoms in total. The summed E-state index contributed by atoms with van der Waals surface area (Å²) in [5.41, 5.74) is 0. The van der Waals surface area contributed by atoms with E-state index in [1.165, 1.54) is 84.0 Å². The molecule has 0 bridgehead atoms. The number of rotatable bonds is 6. The van der Waals surface area contributed by atoms with Gasteiger partial charge in [-0.05, 0) is 57.7 Å². The fourth-order valence-corrected chi connectivity index (χ4v) is 3.67. The lowest BCUT2D eigenvalue weighted by Crippen LogP contribution is -2.45. The van der Waals surface area contributed by atoms with Crippen LogP contribution in [0.3, 0.4) is 0 Å². The van der Waals surface area contributed by atoms with E-state index in [1.807, 2.05) is 0 Å². The molecule has 0 radical (unpaired) electrons. The molecule has 0 aromatic heterocycles. The van der Waals surface area contributed by atoms with Crippen LogP contribution in [0.15, 0.2) is 0 Å². The van der Waals surface area contributed by atoms with Gasteiger partial charge in [0.05, 0.1) is 0 Å². The highest BCUT2D eigenvalue weighted by atomic mass is 15.1. The van der Waals surface area contributed by atoms with Gasteiger partial charge >= 0.3 is 0 Å². The van der Waals surface area contributed by atoms with Gasteiger partial charge in [0.15, 0.2) is 0 Å². The summed E-state index contributed by atoms with van der Waals surface area (Å²) in [4.78, 5) is 2.73. The molecule has 0 spiro atoms. The average Bonchev–Trinajstić information content (AvgIpc) is 2.80. The Kier molecular flexibility index (Phi) is 6.50. The lowest BCUT2D eigenvalue weighted by atomic mass is 9.97. The van der Waals surface area contributed by atoms with Crippen LogP contribution in [0.1, 0.15) is 64.7 Å². The molecule has 1 heterocycles. The summed E-state index contributed by atoms with van der Waals surface area (Å²) in [6.07, 6.45) is 12.9. The minimum atomic E-state index is 0.769. The first kappa shape index (κ1) is 14.3. The normalized spacial score (nSPS) is 25.2. The van der Waals surface area contributed by atoms with Crippen LogP contribution < -0.4 is 5.32 Å². The maximum absolute atomic E-state index is 3.84. The number of hydrogen-bond acceptors (Lipinski definition) is 2. The molecule has 0 aromatic carbocycles. The van der Waals surface area contributed by atoms with Gasteiger partial charge in [0.2, 0.25) is 0 Å². The number of nitrogens with one attached hydrogen (secondary N) is 1. The summed E-state index contributed by atoms with van der Waals surface area (Å²) >= 11 is 0. The molecule has 1 saturated heterocycles. The molecular formula is C16H32N2. The molecule has 2 aliphatic rings. The first-order valence-corrected chi connectivity index (χ1v) is 8.36. The summed E-state index contributed by atoms with van der Waals surface area (Å²) in [5, 5.41) is 3.84. The SMILES string of the molecule is CCCNC(CN1CCCCCC1)C1CCCC1. The van der Waals surface area contributed by atoms with Gasteiger partial charge in [-0.15, -0.1) is 0 Å². The van der Waals surface area contributed by atoms with Gasteiger partial charge in [-0.1, -0.05) is 32.6 Å². The Labute approximate surface area is 114 Å². The standard InChI is InChI=1S/C16H32N2/c1-2-11-17-16(15-9-5-6-10-15)14-18-12-7-3-4-8-13-18/h15-17H,2-14H2,1H3. The van der Waals surface area contributed by atoms with E-state index in [0.29, 0.717) is 0 Å². The molecule has 0 aromatic rings. The fourth-order valence-electron chi connectivity index (χ4n) is 3.67. The Balaban J connectivity index is 1.82. The zero-order valence-corrected chi connectivity index (χ0v) is 12.3. The van der Waals surface area contributed by atoms with E-state index >= 15 is 0 Å². The molecule has 1 aliphatic heterocycles. The third kappa shape index (κ3) is 4.55. The van der Waals surface area contributed by atoms with Gasteiger partial charge < -0.3 is 10.2 Å². The van der Waals surface area contributed by atoms with Crippen molar-refractivity contribution in [2.45, 2.75) is 70.8 Å². The molecule has 2 fully saturated rings. The maximum Gasteiger partial charge on any atom is 0.0223 e. The minimum Gasteiger partial charge on any atom is -0.312 e. The summed E-state index contributed by atoms with van der Waals surface area (Å²) in [6.45, 7) is 7.48. The lowest BCUT2D eigenvalue weighted by Gasteiger charge is -2.31. The molecule has 2 rings (SSSR count). The maximum atomic E-state index is 3.84. The molecule has 18 heavy (non-hydrogen) atoms. The molecule has 1 unspecified atom stereocenters. The quantitative estimate of drug-likeness (QED) is 0.779. The van der Waals surface area contributed by atoms with E-state index < -0.39 is 0 Å². The van der Waals surface area contributed by atoms with Gasteiger partial charge in [0, 0.05) is 12.6 Å². The van der Waals surface area contributed by atoms with Crippen molar-refractivity contribution in [3.63, 3.8) is 0 Å². The van der Waals surface area contributed by atoms with Crippen LogP contribution in [0.4, 0.5) is 0 Å². The van der Waals surface area contributed by atoms with Crippen LogP contribution >= 0.6 is 0 Å². The van der Waals surface area contributed by atoms with Gasteiger partial charge in [0.1, 0.15) is 0 Å². The van der Waals surface area contributed by atoms with E-state index in [0.717, 1.165) is 12.0 Å². The molecule has 1 saturated carbocycles. The van der Waals surface area contributed by atoms with Crippen LogP contribution in [0.5, 0.6) is 0 Å². The highest BCUT2D eigenvalue weighted by Gasteiger charge is 2.26. The van der Waals surface area contributed by atoms with Crippen LogP contribution in [-0.4, -0.2) is 37.1 Å². The smallest absolute Gasteiger partial charge is 0.0223 e. The molecule has 1 atom stereocenters. The van der Waals surface area contributed by atoms with Crippen molar-refractivity contribution < 1.29 is 0 Å². The Bertz CT molecular complexity index is 203. The topological polar surface area (TPSA) is 15.3 Å². The average molecular weight is 252 g/mol. The molecule has 1 aliphatic carbocycles. The third-order valence-electron chi connectivity index (χ3n) is 4.78. The van der Waals surface area contributed by atoms with E-state index in [-0.39, 0.29) is 0 Å². The second kappa shape index (κ2) is 8.16. The van der Waals surface area contributed by atoms with Crippen molar-refractivity contribution >= 4 is 0 Å². The van der Waals surface area contributed by atoms with Crippen LogP contribution in [-0.2, 0) is 0 Å². The predicted molar refractivity (Wildman–Crippen MR) is 78.9 cm³/mol. The zero-order valence-electron chi connectivity index (χ0n) is 12.3. The second-order valence-corrected chi connectivity index (χ2v) is 6.32. The van der Waals surface area contributed by atoms with E-state index in [1.54, 1.807) is 0 Å². The van der Waals surface area contributed by atoms with Crippen LogP contribution in [0.2, 0.25) is 0 Å². The Morgan fingerprint density at radius 2 is 1.67 bits per heavy atom. The van der Waals surface area contributed by atoms with Crippen molar-refractivity contribution in [2.24, 2.45) is 5.92 Å². The second-order valence-electron chi connectivity index (χ2n) is 6.32. The Morgan fingerprint density at radius 3 is 2.28 bits per heavy atom. The van der Waals surface area contributed by atoms with Gasteiger partial charge in [-0.25, -0.2) is 0 Å². The van der Waals surface area contributed by atoms with Crippen molar-refractivity contribution in [2.75, 3.05) is 26.2 Å². The number of nitrogens with zero attached hydrogens (tertiary/aromatic N) is 1. The monoisotopic (exact) mass is 252 g/mol. The summed E-state index contributed by atoms with van der Waals surface area (Å²) in [6, 6.07) is 0.769. The van der Waals surface area contributed by atoms with Gasteiger partial charge in [0.25, 0.3) is 0 Å². The van der Waals surface area contributed by atoms with Gasteiger partial charge in [-0.2, -0.15) is 0 Å². The highest BCUT2D eigenvalue weighted by molar-refractivity contribution is 4.83. The summed E-state index contributed by atoms with van der Waals surface area (Å²) in [5.74, 6) is 0.958. The largest absolute Gasteiger partial charge is 0.312 e. The molecule has 106 valence electrons.